The summed E-state index contributed by atoms with van der Waals surface area (Å²) in [5.74, 6) is -3.21. The van der Waals surface area contributed by atoms with E-state index in [2.05, 4.69) is 19.2 Å². The third-order valence-corrected chi connectivity index (χ3v) is 2.00. The Kier molecular flexibility index (Phi) is 4.69. The Morgan fingerprint density at radius 2 is 1.90 bits per heavy atom. The fraction of sp³-hybridized carbons (Fsp3) is 0.400. The zero-order valence-electron chi connectivity index (χ0n) is 10.1. The topological polar surface area (TPSA) is 57.7 Å². The van der Waals surface area contributed by atoms with E-state index in [1.165, 1.54) is 0 Å². The van der Waals surface area contributed by atoms with Crippen LogP contribution in [0.1, 0.15) is 22.6 Å². The van der Waals surface area contributed by atoms with Crippen LogP contribution in [0.15, 0.2) is 6.07 Å². The molecule has 0 radical (unpaired) electrons. The van der Waals surface area contributed by atoms with Gasteiger partial charge < -0.3 is 14.2 Å². The molecule has 1 aromatic heterocycles. The van der Waals surface area contributed by atoms with Gasteiger partial charge in [0, 0.05) is 6.07 Å². The van der Waals surface area contributed by atoms with Crippen LogP contribution in [0.3, 0.4) is 0 Å². The fourth-order valence-electron chi connectivity index (χ4n) is 1.29. The maximum atomic E-state index is 12.7. The van der Waals surface area contributed by atoms with E-state index in [-0.39, 0.29) is 0 Å². The standard InChI is InChI=1S/C10H8F5NO4/c1-18-7-5(20-10(13,14)15)3-4(9(17)19-2)16-6(7)8(11)12/h3,8H,1-2H3. The Hall–Kier alpha value is -2.13. The summed E-state index contributed by atoms with van der Waals surface area (Å²) in [7, 11) is 1.78. The number of hydrogen-bond acceptors (Lipinski definition) is 5. The number of nitrogens with zero attached hydrogens (tertiary/aromatic N) is 1. The average molecular weight is 301 g/mol. The molecule has 0 N–H and O–H groups in total. The molecule has 0 spiro atoms. The number of pyridine rings is 1. The highest BCUT2D eigenvalue weighted by atomic mass is 19.4. The van der Waals surface area contributed by atoms with Gasteiger partial charge in [0.2, 0.25) is 0 Å². The van der Waals surface area contributed by atoms with E-state index in [0.717, 1.165) is 14.2 Å². The van der Waals surface area contributed by atoms with Gasteiger partial charge in [0.1, 0.15) is 0 Å². The van der Waals surface area contributed by atoms with E-state index >= 15 is 0 Å². The van der Waals surface area contributed by atoms with Crippen LogP contribution in [0.4, 0.5) is 22.0 Å². The van der Waals surface area contributed by atoms with Crippen molar-refractivity contribution in [2.24, 2.45) is 0 Å². The molecule has 5 nitrogen and oxygen atoms in total. The lowest BCUT2D eigenvalue weighted by Gasteiger charge is -2.15. The number of ether oxygens (including phenoxy) is 3. The molecule has 20 heavy (non-hydrogen) atoms. The normalized spacial score (nSPS) is 11.4. The first-order valence-corrected chi connectivity index (χ1v) is 4.90. The van der Waals surface area contributed by atoms with Crippen molar-refractivity contribution < 1.29 is 41.0 Å². The summed E-state index contributed by atoms with van der Waals surface area (Å²) >= 11 is 0. The van der Waals surface area contributed by atoms with E-state index in [0.29, 0.717) is 6.07 Å². The highest BCUT2D eigenvalue weighted by Crippen LogP contribution is 2.38. The van der Waals surface area contributed by atoms with Crippen LogP contribution in [0, 0.1) is 0 Å². The minimum absolute atomic E-state index is 0.504. The summed E-state index contributed by atoms with van der Waals surface area (Å²) in [6.07, 6.45) is -8.42. The number of halogens is 5. The minimum Gasteiger partial charge on any atom is -0.491 e. The molecule has 0 saturated carbocycles. The summed E-state index contributed by atoms with van der Waals surface area (Å²) in [5, 5.41) is 0. The van der Waals surface area contributed by atoms with Crippen molar-refractivity contribution in [3.63, 3.8) is 0 Å². The van der Waals surface area contributed by atoms with Gasteiger partial charge in [-0.1, -0.05) is 0 Å². The van der Waals surface area contributed by atoms with Crippen LogP contribution in [0.5, 0.6) is 11.5 Å². The first kappa shape index (κ1) is 15.9. The number of rotatable bonds is 4. The Balaban J connectivity index is 3.45. The largest absolute Gasteiger partial charge is 0.573 e. The van der Waals surface area contributed by atoms with Gasteiger partial charge in [0.25, 0.3) is 6.43 Å². The lowest BCUT2D eigenvalue weighted by molar-refractivity contribution is -0.275. The molecule has 0 atom stereocenters. The molecule has 0 bridgehead atoms. The molecule has 10 heteroatoms. The van der Waals surface area contributed by atoms with Crippen molar-refractivity contribution in [3.05, 3.63) is 17.5 Å². The third kappa shape index (κ3) is 3.68. The Morgan fingerprint density at radius 1 is 1.30 bits per heavy atom. The summed E-state index contributed by atoms with van der Waals surface area (Å²) in [4.78, 5) is 14.4. The van der Waals surface area contributed by atoms with Crippen molar-refractivity contribution in [3.8, 4) is 11.5 Å². The van der Waals surface area contributed by atoms with E-state index < -0.39 is 41.6 Å². The second kappa shape index (κ2) is 5.88. The first-order valence-electron chi connectivity index (χ1n) is 4.90. The van der Waals surface area contributed by atoms with Crippen LogP contribution >= 0.6 is 0 Å². The predicted molar refractivity (Wildman–Crippen MR) is 53.8 cm³/mol. The Morgan fingerprint density at radius 3 is 2.30 bits per heavy atom. The molecule has 112 valence electrons. The predicted octanol–water partition coefficient (Wildman–Crippen LogP) is 2.71. The molecule has 1 aromatic rings. The monoisotopic (exact) mass is 301 g/mol. The van der Waals surface area contributed by atoms with E-state index in [1.807, 2.05) is 0 Å². The van der Waals surface area contributed by atoms with E-state index in [4.69, 9.17) is 0 Å². The van der Waals surface area contributed by atoms with Crippen LogP contribution in [-0.2, 0) is 4.74 Å². The number of alkyl halides is 5. The molecule has 0 saturated heterocycles. The molecule has 0 amide bonds. The lowest BCUT2D eigenvalue weighted by Crippen LogP contribution is -2.19. The molecular weight excluding hydrogens is 293 g/mol. The number of esters is 1. The Bertz CT molecular complexity index is 503. The Labute approximate surface area is 109 Å². The van der Waals surface area contributed by atoms with Gasteiger partial charge in [0.15, 0.2) is 22.9 Å². The highest BCUT2D eigenvalue weighted by Gasteiger charge is 2.35. The zero-order chi connectivity index (χ0) is 15.5. The van der Waals surface area contributed by atoms with Crippen molar-refractivity contribution in [1.82, 2.24) is 4.98 Å². The second-order valence-corrected chi connectivity index (χ2v) is 3.26. The molecule has 0 aromatic carbocycles. The summed E-state index contributed by atoms with van der Waals surface area (Å²) in [5.41, 5.74) is -1.92. The van der Waals surface area contributed by atoms with Crippen molar-refractivity contribution in [2.45, 2.75) is 12.8 Å². The van der Waals surface area contributed by atoms with Crippen molar-refractivity contribution in [2.75, 3.05) is 14.2 Å². The molecule has 0 aliphatic carbocycles. The smallest absolute Gasteiger partial charge is 0.491 e. The summed E-state index contributed by atoms with van der Waals surface area (Å²) in [6, 6.07) is 0.504. The number of aromatic nitrogens is 1. The van der Waals surface area contributed by atoms with Gasteiger partial charge in [0.05, 0.1) is 14.2 Å². The van der Waals surface area contributed by atoms with Crippen molar-refractivity contribution in [1.29, 1.82) is 0 Å². The van der Waals surface area contributed by atoms with Crippen LogP contribution in [0.25, 0.3) is 0 Å². The number of methoxy groups -OCH3 is 2. The van der Waals surface area contributed by atoms with Gasteiger partial charge in [-0.2, -0.15) is 0 Å². The SMILES string of the molecule is COC(=O)c1cc(OC(F)(F)F)c(OC)c(C(F)F)n1. The molecular formula is C10H8F5NO4. The molecule has 1 heterocycles. The minimum atomic E-state index is -5.15. The number of hydrogen-bond donors (Lipinski definition) is 0. The number of carbonyl (C=O) groups is 1. The van der Waals surface area contributed by atoms with Crippen LogP contribution < -0.4 is 9.47 Å². The number of carbonyl (C=O) groups excluding carboxylic acids is 1. The van der Waals surface area contributed by atoms with Gasteiger partial charge in [-0.3, -0.25) is 0 Å². The van der Waals surface area contributed by atoms with Crippen molar-refractivity contribution >= 4 is 5.97 Å². The third-order valence-electron chi connectivity index (χ3n) is 2.00. The lowest BCUT2D eigenvalue weighted by atomic mass is 10.2. The van der Waals surface area contributed by atoms with Crippen LogP contribution in [-0.4, -0.2) is 31.5 Å². The zero-order valence-corrected chi connectivity index (χ0v) is 10.1. The maximum Gasteiger partial charge on any atom is 0.573 e. The molecule has 0 aliphatic rings. The van der Waals surface area contributed by atoms with Gasteiger partial charge >= 0.3 is 12.3 Å². The quantitative estimate of drug-likeness (QED) is 0.632. The molecule has 0 fully saturated rings. The average Bonchev–Trinajstić information content (AvgIpc) is 2.34. The molecule has 0 unspecified atom stereocenters. The van der Waals surface area contributed by atoms with E-state index in [9.17, 15) is 26.7 Å². The fourth-order valence-corrected chi connectivity index (χ4v) is 1.29. The summed E-state index contributed by atoms with van der Waals surface area (Å²) < 4.78 is 74.3. The second-order valence-electron chi connectivity index (χ2n) is 3.26. The highest BCUT2D eigenvalue weighted by molar-refractivity contribution is 5.88. The molecule has 1 rings (SSSR count). The first-order chi connectivity index (χ1) is 9.19. The van der Waals surface area contributed by atoms with Gasteiger partial charge in [-0.05, 0) is 0 Å². The summed E-state index contributed by atoms with van der Waals surface area (Å²) in [6.45, 7) is 0. The molecule has 0 aliphatic heterocycles. The van der Waals surface area contributed by atoms with Crippen LogP contribution in [0.2, 0.25) is 0 Å². The van der Waals surface area contributed by atoms with Gasteiger partial charge in [-0.15, -0.1) is 13.2 Å². The van der Waals surface area contributed by atoms with Gasteiger partial charge in [-0.25, -0.2) is 18.6 Å². The van der Waals surface area contributed by atoms with E-state index in [1.54, 1.807) is 0 Å². The maximum absolute atomic E-state index is 12.7.